The number of amides is 1. The van der Waals surface area contributed by atoms with E-state index in [1.54, 1.807) is 6.92 Å². The zero-order valence-corrected chi connectivity index (χ0v) is 13.0. The molecule has 4 heteroatoms. The maximum absolute atomic E-state index is 12.2. The van der Waals surface area contributed by atoms with Crippen molar-refractivity contribution in [3.05, 3.63) is 83.1 Å². The van der Waals surface area contributed by atoms with E-state index in [1.165, 1.54) is 0 Å². The molecular formula is C19H19N3O. The van der Waals surface area contributed by atoms with Gasteiger partial charge in [-0.15, -0.1) is 0 Å². The number of nitriles is 1. The van der Waals surface area contributed by atoms with Crippen molar-refractivity contribution in [2.24, 2.45) is 0 Å². The van der Waals surface area contributed by atoms with E-state index in [2.05, 4.69) is 10.6 Å². The molecule has 0 unspecified atom stereocenters. The molecule has 0 bridgehead atoms. The predicted octanol–water partition coefficient (Wildman–Crippen LogP) is 2.89. The van der Waals surface area contributed by atoms with Crippen LogP contribution in [0.5, 0.6) is 0 Å². The van der Waals surface area contributed by atoms with E-state index in [0.717, 1.165) is 11.1 Å². The molecule has 0 saturated heterocycles. The summed E-state index contributed by atoms with van der Waals surface area (Å²) in [6.07, 6.45) is 0. The quantitative estimate of drug-likeness (QED) is 0.637. The van der Waals surface area contributed by atoms with Crippen molar-refractivity contribution in [1.82, 2.24) is 10.6 Å². The van der Waals surface area contributed by atoms with E-state index in [9.17, 15) is 10.1 Å². The summed E-state index contributed by atoms with van der Waals surface area (Å²) in [5, 5.41) is 15.1. The Morgan fingerprint density at radius 3 is 1.87 bits per heavy atom. The number of hydrogen-bond acceptors (Lipinski definition) is 3. The maximum Gasteiger partial charge on any atom is 0.263 e. The lowest BCUT2D eigenvalue weighted by Gasteiger charge is -2.10. The Labute approximate surface area is 136 Å². The maximum atomic E-state index is 12.2. The fourth-order valence-corrected chi connectivity index (χ4v) is 2.09. The summed E-state index contributed by atoms with van der Waals surface area (Å²) < 4.78 is 0. The average Bonchev–Trinajstić information content (AvgIpc) is 2.60. The van der Waals surface area contributed by atoms with Crippen LogP contribution in [-0.4, -0.2) is 5.91 Å². The molecule has 0 spiro atoms. The second-order valence-corrected chi connectivity index (χ2v) is 5.12. The van der Waals surface area contributed by atoms with Crippen LogP contribution in [0.1, 0.15) is 18.1 Å². The Balaban J connectivity index is 1.96. The highest BCUT2D eigenvalue weighted by Crippen LogP contribution is 2.05. The number of benzene rings is 2. The van der Waals surface area contributed by atoms with Gasteiger partial charge >= 0.3 is 0 Å². The van der Waals surface area contributed by atoms with Crippen molar-refractivity contribution in [3.8, 4) is 6.07 Å². The minimum Gasteiger partial charge on any atom is -0.383 e. The second kappa shape index (κ2) is 8.40. The van der Waals surface area contributed by atoms with Crippen LogP contribution in [0, 0.1) is 11.3 Å². The minimum atomic E-state index is -0.366. The van der Waals surface area contributed by atoms with Gasteiger partial charge in [-0.3, -0.25) is 4.79 Å². The molecule has 23 heavy (non-hydrogen) atoms. The number of allylic oxidation sites excluding steroid dienone is 1. The summed E-state index contributed by atoms with van der Waals surface area (Å²) >= 11 is 0. The molecule has 2 aromatic carbocycles. The lowest BCUT2D eigenvalue weighted by atomic mass is 10.1. The molecular weight excluding hydrogens is 286 g/mol. The van der Waals surface area contributed by atoms with Gasteiger partial charge in [-0.25, -0.2) is 0 Å². The third-order valence-electron chi connectivity index (χ3n) is 3.41. The average molecular weight is 305 g/mol. The molecule has 0 heterocycles. The number of nitrogens with one attached hydrogen (secondary N) is 2. The topological polar surface area (TPSA) is 64.9 Å². The first kappa shape index (κ1) is 16.3. The van der Waals surface area contributed by atoms with Crippen molar-refractivity contribution < 1.29 is 4.79 Å². The first-order valence-corrected chi connectivity index (χ1v) is 7.41. The van der Waals surface area contributed by atoms with Crippen LogP contribution in [0.25, 0.3) is 0 Å². The molecule has 0 aliphatic carbocycles. The molecule has 1 amide bonds. The molecule has 2 N–H and O–H groups in total. The minimum absolute atomic E-state index is 0.108. The Morgan fingerprint density at radius 2 is 1.39 bits per heavy atom. The summed E-state index contributed by atoms with van der Waals surface area (Å²) in [6, 6.07) is 21.4. The van der Waals surface area contributed by atoms with Gasteiger partial charge in [0.2, 0.25) is 0 Å². The molecule has 0 atom stereocenters. The van der Waals surface area contributed by atoms with Crippen LogP contribution in [-0.2, 0) is 17.9 Å². The normalized spacial score (nSPS) is 11.1. The fourth-order valence-electron chi connectivity index (χ4n) is 2.09. The van der Waals surface area contributed by atoms with E-state index in [4.69, 9.17) is 0 Å². The Kier molecular flexibility index (Phi) is 5.96. The van der Waals surface area contributed by atoms with Crippen molar-refractivity contribution >= 4 is 5.91 Å². The summed E-state index contributed by atoms with van der Waals surface area (Å²) in [5.74, 6) is -0.366. The Morgan fingerprint density at radius 1 is 0.913 bits per heavy atom. The standard InChI is InChI=1S/C19H19N3O/c1-15(21-13-16-8-4-2-5-9-16)18(12-20)19(23)22-14-17-10-6-3-7-11-17/h2-11,21H,13-14H2,1H3,(H,22,23)/b18-15-. The van der Waals surface area contributed by atoms with Gasteiger partial charge in [0, 0.05) is 18.8 Å². The fraction of sp³-hybridized carbons (Fsp3) is 0.158. The molecule has 0 saturated carbocycles. The third-order valence-corrected chi connectivity index (χ3v) is 3.41. The predicted molar refractivity (Wildman–Crippen MR) is 89.9 cm³/mol. The van der Waals surface area contributed by atoms with Crippen molar-refractivity contribution in [2.75, 3.05) is 0 Å². The molecule has 0 aromatic heterocycles. The number of rotatable bonds is 6. The van der Waals surface area contributed by atoms with Crippen LogP contribution in [0.4, 0.5) is 0 Å². The molecule has 0 radical (unpaired) electrons. The lowest BCUT2D eigenvalue weighted by Crippen LogP contribution is -2.27. The van der Waals surface area contributed by atoms with E-state index < -0.39 is 0 Å². The number of hydrogen-bond donors (Lipinski definition) is 2. The molecule has 4 nitrogen and oxygen atoms in total. The smallest absolute Gasteiger partial charge is 0.263 e. The van der Waals surface area contributed by atoms with Crippen molar-refractivity contribution in [3.63, 3.8) is 0 Å². The zero-order valence-electron chi connectivity index (χ0n) is 13.0. The first-order valence-electron chi connectivity index (χ1n) is 7.41. The Hall–Kier alpha value is -3.06. The van der Waals surface area contributed by atoms with Gasteiger partial charge in [-0.05, 0) is 18.1 Å². The summed E-state index contributed by atoms with van der Waals surface area (Å²) in [6.45, 7) is 2.71. The molecule has 0 fully saturated rings. The van der Waals surface area contributed by atoms with Gasteiger partial charge in [-0.2, -0.15) is 5.26 Å². The van der Waals surface area contributed by atoms with Crippen LogP contribution in [0.15, 0.2) is 71.9 Å². The van der Waals surface area contributed by atoms with Crippen LogP contribution >= 0.6 is 0 Å². The highest BCUT2D eigenvalue weighted by atomic mass is 16.1. The summed E-state index contributed by atoms with van der Waals surface area (Å²) in [7, 11) is 0. The van der Waals surface area contributed by atoms with Crippen LogP contribution in [0.2, 0.25) is 0 Å². The molecule has 2 aromatic rings. The van der Waals surface area contributed by atoms with E-state index in [1.807, 2.05) is 66.7 Å². The number of nitrogens with zero attached hydrogens (tertiary/aromatic N) is 1. The zero-order chi connectivity index (χ0) is 16.5. The lowest BCUT2D eigenvalue weighted by molar-refractivity contribution is -0.117. The molecule has 2 rings (SSSR count). The molecule has 116 valence electrons. The van der Waals surface area contributed by atoms with E-state index in [-0.39, 0.29) is 11.5 Å². The van der Waals surface area contributed by atoms with Crippen molar-refractivity contribution in [1.29, 1.82) is 5.26 Å². The highest BCUT2D eigenvalue weighted by molar-refractivity contribution is 5.97. The van der Waals surface area contributed by atoms with E-state index >= 15 is 0 Å². The highest BCUT2D eigenvalue weighted by Gasteiger charge is 2.12. The van der Waals surface area contributed by atoms with Gasteiger partial charge in [0.1, 0.15) is 11.6 Å². The number of carbonyl (C=O) groups is 1. The monoisotopic (exact) mass is 305 g/mol. The van der Waals surface area contributed by atoms with E-state index in [0.29, 0.717) is 18.8 Å². The van der Waals surface area contributed by atoms with Gasteiger partial charge in [0.15, 0.2) is 0 Å². The van der Waals surface area contributed by atoms with Gasteiger partial charge in [-0.1, -0.05) is 60.7 Å². The second-order valence-electron chi connectivity index (χ2n) is 5.12. The molecule has 0 aliphatic rings. The SMILES string of the molecule is C/C(NCc1ccccc1)=C(\C#N)C(=O)NCc1ccccc1. The first-order chi connectivity index (χ1) is 11.2. The van der Waals surface area contributed by atoms with Gasteiger partial charge < -0.3 is 10.6 Å². The van der Waals surface area contributed by atoms with Gasteiger partial charge in [0.05, 0.1) is 0 Å². The van der Waals surface area contributed by atoms with Crippen molar-refractivity contribution in [2.45, 2.75) is 20.0 Å². The third kappa shape index (κ3) is 5.01. The van der Waals surface area contributed by atoms with Crippen LogP contribution in [0.3, 0.4) is 0 Å². The van der Waals surface area contributed by atoms with Crippen LogP contribution < -0.4 is 10.6 Å². The molecule has 0 aliphatic heterocycles. The Bertz CT molecular complexity index is 715. The number of carbonyl (C=O) groups excluding carboxylic acids is 1. The summed E-state index contributed by atoms with van der Waals surface area (Å²) in [4.78, 5) is 12.2. The summed E-state index contributed by atoms with van der Waals surface area (Å²) in [5.41, 5.74) is 2.76. The largest absolute Gasteiger partial charge is 0.383 e. The van der Waals surface area contributed by atoms with Gasteiger partial charge in [0.25, 0.3) is 5.91 Å².